The van der Waals surface area contributed by atoms with E-state index in [2.05, 4.69) is 11.9 Å². The van der Waals surface area contributed by atoms with E-state index in [-0.39, 0.29) is 6.61 Å². The lowest BCUT2D eigenvalue weighted by Crippen LogP contribution is -2.37. The summed E-state index contributed by atoms with van der Waals surface area (Å²) in [5.74, 6) is 0.861. The van der Waals surface area contributed by atoms with Crippen LogP contribution in [0.25, 0.3) is 0 Å². The van der Waals surface area contributed by atoms with Crippen LogP contribution >= 0.6 is 0 Å². The molecule has 1 aliphatic rings. The van der Waals surface area contributed by atoms with Crippen molar-refractivity contribution >= 4 is 0 Å². The number of piperidine rings is 1. The first-order valence-corrected chi connectivity index (χ1v) is 6.82. The summed E-state index contributed by atoms with van der Waals surface area (Å²) in [6, 6.07) is 8.35. The number of likely N-dealkylation sites (tertiary alicyclic amines) is 1. The van der Waals surface area contributed by atoms with Crippen molar-refractivity contribution < 1.29 is 9.84 Å². The molecule has 1 atom stereocenters. The molecule has 1 fully saturated rings. The van der Waals surface area contributed by atoms with Crippen molar-refractivity contribution in [1.82, 2.24) is 4.90 Å². The van der Waals surface area contributed by atoms with Crippen LogP contribution in [0.1, 0.15) is 31.2 Å². The van der Waals surface area contributed by atoms with Gasteiger partial charge < -0.3 is 14.7 Å². The lowest BCUT2D eigenvalue weighted by Gasteiger charge is -2.32. The second-order valence-electron chi connectivity index (χ2n) is 5.07. The van der Waals surface area contributed by atoms with Gasteiger partial charge in [0.15, 0.2) is 0 Å². The molecule has 1 heterocycles. The van der Waals surface area contributed by atoms with E-state index in [1.165, 1.54) is 25.8 Å². The number of rotatable bonds is 5. The Kier molecular flexibility index (Phi) is 5.02. The molecule has 0 aliphatic carbocycles. The standard InChI is InChI=1S/C15H23NO2/c1-16-9-3-2-6-14(16)8-10-18-15-7-4-5-13(11-15)12-17/h4-5,7,11,14,17H,2-3,6,8-10,12H2,1H3. The molecule has 0 saturated carbocycles. The van der Waals surface area contributed by atoms with Crippen LogP contribution in [0.15, 0.2) is 24.3 Å². The number of nitrogens with zero attached hydrogens (tertiary/aromatic N) is 1. The fourth-order valence-corrected chi connectivity index (χ4v) is 2.56. The number of aliphatic hydroxyl groups is 1. The van der Waals surface area contributed by atoms with Gasteiger partial charge in [-0.15, -0.1) is 0 Å². The maximum absolute atomic E-state index is 9.06. The predicted octanol–water partition coefficient (Wildman–Crippen LogP) is 2.43. The zero-order chi connectivity index (χ0) is 12.8. The second kappa shape index (κ2) is 6.76. The highest BCUT2D eigenvalue weighted by atomic mass is 16.5. The molecule has 3 nitrogen and oxygen atoms in total. The lowest BCUT2D eigenvalue weighted by molar-refractivity contribution is 0.153. The molecule has 3 heteroatoms. The molecule has 1 unspecified atom stereocenters. The minimum absolute atomic E-state index is 0.0720. The molecule has 0 aromatic heterocycles. The van der Waals surface area contributed by atoms with E-state index >= 15 is 0 Å². The van der Waals surface area contributed by atoms with Crippen molar-refractivity contribution in [1.29, 1.82) is 0 Å². The zero-order valence-electron chi connectivity index (χ0n) is 11.1. The van der Waals surface area contributed by atoms with E-state index in [4.69, 9.17) is 9.84 Å². The van der Waals surface area contributed by atoms with Crippen molar-refractivity contribution in [2.75, 3.05) is 20.2 Å². The molecule has 1 aromatic rings. The fourth-order valence-electron chi connectivity index (χ4n) is 2.56. The molecule has 1 aromatic carbocycles. The Bertz CT molecular complexity index is 367. The van der Waals surface area contributed by atoms with Crippen molar-refractivity contribution in [3.05, 3.63) is 29.8 Å². The maximum Gasteiger partial charge on any atom is 0.119 e. The first-order valence-electron chi connectivity index (χ1n) is 6.82. The molecule has 0 bridgehead atoms. The molecular formula is C15H23NO2. The van der Waals surface area contributed by atoms with E-state index in [1.54, 1.807) is 0 Å². The number of ether oxygens (including phenoxy) is 1. The third kappa shape index (κ3) is 3.72. The van der Waals surface area contributed by atoms with Crippen LogP contribution in [0, 0.1) is 0 Å². The van der Waals surface area contributed by atoms with Crippen molar-refractivity contribution in [3.8, 4) is 5.75 Å². The summed E-state index contributed by atoms with van der Waals surface area (Å²) in [6.07, 6.45) is 5.04. The summed E-state index contributed by atoms with van der Waals surface area (Å²) in [6.45, 7) is 2.04. The highest BCUT2D eigenvalue weighted by Gasteiger charge is 2.18. The van der Waals surface area contributed by atoms with Gasteiger partial charge in [-0.1, -0.05) is 18.6 Å². The van der Waals surface area contributed by atoms with E-state index < -0.39 is 0 Å². The van der Waals surface area contributed by atoms with Crippen LogP contribution in [-0.4, -0.2) is 36.2 Å². The SMILES string of the molecule is CN1CCCCC1CCOc1cccc(CO)c1. The molecule has 100 valence electrons. The molecule has 1 saturated heterocycles. The van der Waals surface area contributed by atoms with Gasteiger partial charge in [0.25, 0.3) is 0 Å². The Labute approximate surface area is 109 Å². The summed E-state index contributed by atoms with van der Waals surface area (Å²) in [5.41, 5.74) is 0.905. The van der Waals surface area contributed by atoms with Gasteiger partial charge in [0.1, 0.15) is 5.75 Å². The van der Waals surface area contributed by atoms with Crippen LogP contribution < -0.4 is 4.74 Å². The minimum atomic E-state index is 0.0720. The van der Waals surface area contributed by atoms with Crippen molar-refractivity contribution in [3.63, 3.8) is 0 Å². The average molecular weight is 249 g/mol. The third-order valence-electron chi connectivity index (χ3n) is 3.72. The first-order chi connectivity index (χ1) is 8.79. The number of hydrogen-bond acceptors (Lipinski definition) is 3. The molecular weight excluding hydrogens is 226 g/mol. The number of benzene rings is 1. The smallest absolute Gasteiger partial charge is 0.119 e. The predicted molar refractivity (Wildman–Crippen MR) is 72.7 cm³/mol. The first kappa shape index (κ1) is 13.4. The zero-order valence-corrected chi connectivity index (χ0v) is 11.1. The van der Waals surface area contributed by atoms with Gasteiger partial charge in [0.05, 0.1) is 13.2 Å². The quantitative estimate of drug-likeness (QED) is 0.870. The minimum Gasteiger partial charge on any atom is -0.494 e. The van der Waals surface area contributed by atoms with E-state index in [0.29, 0.717) is 6.04 Å². The summed E-state index contributed by atoms with van der Waals surface area (Å²) in [4.78, 5) is 2.44. The molecule has 1 aliphatic heterocycles. The molecule has 0 radical (unpaired) electrons. The third-order valence-corrected chi connectivity index (χ3v) is 3.72. The molecule has 1 N–H and O–H groups in total. The molecule has 0 spiro atoms. The van der Waals surface area contributed by atoms with Gasteiger partial charge in [-0.3, -0.25) is 0 Å². The highest BCUT2D eigenvalue weighted by Crippen LogP contribution is 2.19. The Balaban J connectivity index is 1.77. The van der Waals surface area contributed by atoms with Crippen LogP contribution in [0.5, 0.6) is 5.75 Å². The Morgan fingerprint density at radius 2 is 2.28 bits per heavy atom. The number of aliphatic hydroxyl groups excluding tert-OH is 1. The Hall–Kier alpha value is -1.06. The van der Waals surface area contributed by atoms with Crippen LogP contribution in [-0.2, 0) is 6.61 Å². The largest absolute Gasteiger partial charge is 0.494 e. The summed E-state index contributed by atoms with van der Waals surface area (Å²) < 4.78 is 5.76. The average Bonchev–Trinajstić information content (AvgIpc) is 2.41. The van der Waals surface area contributed by atoms with Gasteiger partial charge in [-0.2, -0.15) is 0 Å². The van der Waals surface area contributed by atoms with Crippen LogP contribution in [0.3, 0.4) is 0 Å². The van der Waals surface area contributed by atoms with E-state index in [1.807, 2.05) is 24.3 Å². The normalized spacial score (nSPS) is 20.9. The molecule has 2 rings (SSSR count). The van der Waals surface area contributed by atoms with Crippen LogP contribution in [0.2, 0.25) is 0 Å². The Morgan fingerprint density at radius 3 is 3.06 bits per heavy atom. The van der Waals surface area contributed by atoms with Crippen LogP contribution in [0.4, 0.5) is 0 Å². The maximum atomic E-state index is 9.06. The molecule has 0 amide bonds. The fraction of sp³-hybridized carbons (Fsp3) is 0.600. The van der Waals surface area contributed by atoms with Crippen molar-refractivity contribution in [2.45, 2.75) is 38.3 Å². The number of hydrogen-bond donors (Lipinski definition) is 1. The van der Waals surface area contributed by atoms with Gasteiger partial charge >= 0.3 is 0 Å². The lowest BCUT2D eigenvalue weighted by atomic mass is 10.0. The Morgan fingerprint density at radius 1 is 1.39 bits per heavy atom. The van der Waals surface area contributed by atoms with Gasteiger partial charge in [-0.25, -0.2) is 0 Å². The van der Waals surface area contributed by atoms with Gasteiger partial charge in [0, 0.05) is 6.04 Å². The topological polar surface area (TPSA) is 32.7 Å². The van der Waals surface area contributed by atoms with Crippen molar-refractivity contribution in [2.24, 2.45) is 0 Å². The van der Waals surface area contributed by atoms with E-state index in [9.17, 15) is 0 Å². The van der Waals surface area contributed by atoms with E-state index in [0.717, 1.165) is 24.3 Å². The summed E-state index contributed by atoms with van der Waals surface area (Å²) in [5, 5.41) is 9.06. The monoisotopic (exact) mass is 249 g/mol. The van der Waals surface area contributed by atoms with Gasteiger partial charge in [-0.05, 0) is 50.6 Å². The highest BCUT2D eigenvalue weighted by molar-refractivity contribution is 5.27. The molecule has 18 heavy (non-hydrogen) atoms. The second-order valence-corrected chi connectivity index (χ2v) is 5.07. The summed E-state index contributed by atoms with van der Waals surface area (Å²) >= 11 is 0. The summed E-state index contributed by atoms with van der Waals surface area (Å²) in [7, 11) is 2.20. The van der Waals surface area contributed by atoms with Gasteiger partial charge in [0.2, 0.25) is 0 Å².